The zero-order chi connectivity index (χ0) is 27.0. The Hall–Kier alpha value is -4.33. The molecule has 0 fully saturated rings. The molecule has 0 bridgehead atoms. The van der Waals surface area contributed by atoms with Gasteiger partial charge in [0.05, 0.1) is 28.3 Å². The van der Waals surface area contributed by atoms with Crippen LogP contribution in [0.4, 0.5) is 4.39 Å². The average Bonchev–Trinajstić information content (AvgIpc) is 2.93. The Morgan fingerprint density at radius 2 is 1.50 bits per heavy atom. The minimum absolute atomic E-state index is 0.0388. The summed E-state index contributed by atoms with van der Waals surface area (Å²) in [5.74, 6) is -0.624. The summed E-state index contributed by atoms with van der Waals surface area (Å²) in [6.45, 7) is 0. The molecule has 2 heterocycles. The highest BCUT2D eigenvalue weighted by atomic mass is 35.5. The lowest BCUT2D eigenvalue weighted by Crippen LogP contribution is -2.18. The fourth-order valence-corrected chi connectivity index (χ4v) is 4.97. The van der Waals surface area contributed by atoms with Gasteiger partial charge in [0, 0.05) is 34.6 Å². The van der Waals surface area contributed by atoms with Crippen LogP contribution in [0.2, 0.25) is 10.0 Å². The van der Waals surface area contributed by atoms with E-state index in [0.29, 0.717) is 61.6 Å². The van der Waals surface area contributed by atoms with Crippen molar-refractivity contribution < 1.29 is 18.7 Å². The Bertz CT molecular complexity index is 1820. The fourth-order valence-electron chi connectivity index (χ4n) is 4.29. The third kappa shape index (κ3) is 4.26. The molecule has 5 rings (SSSR count). The van der Waals surface area contributed by atoms with Crippen LogP contribution in [0.3, 0.4) is 0 Å². The number of halogens is 3. The number of nitrogens with zero attached hydrogens (tertiary/aromatic N) is 2. The second kappa shape index (κ2) is 10.2. The van der Waals surface area contributed by atoms with Gasteiger partial charge >= 0.3 is 0 Å². The van der Waals surface area contributed by atoms with Crippen LogP contribution in [-0.2, 0) is 0 Å². The molecule has 0 amide bonds. The van der Waals surface area contributed by atoms with Gasteiger partial charge in [0.1, 0.15) is 17.2 Å². The van der Waals surface area contributed by atoms with Crippen molar-refractivity contribution in [2.45, 2.75) is 0 Å². The summed E-state index contributed by atoms with van der Waals surface area (Å²) in [6.07, 6.45) is 3.64. The van der Waals surface area contributed by atoms with Crippen molar-refractivity contribution in [1.29, 1.82) is 0 Å². The first-order valence-electron chi connectivity index (χ1n) is 11.3. The maximum Gasteiger partial charge on any atom is 0.268 e. The minimum Gasteiger partial charge on any atom is -0.496 e. The minimum atomic E-state index is -0.722. The Morgan fingerprint density at radius 3 is 2.11 bits per heavy atom. The van der Waals surface area contributed by atoms with Gasteiger partial charge in [-0.1, -0.05) is 59.6 Å². The molecule has 0 aliphatic rings. The predicted molar refractivity (Wildman–Crippen MR) is 145 cm³/mol. The molecule has 0 atom stereocenters. The maximum absolute atomic E-state index is 14.6. The zero-order valence-corrected chi connectivity index (χ0v) is 21.3. The summed E-state index contributed by atoms with van der Waals surface area (Å²) in [6, 6.07) is 16.9. The second-order valence-electron chi connectivity index (χ2n) is 8.31. The lowest BCUT2D eigenvalue weighted by Gasteiger charge is -2.15. The Kier molecular flexibility index (Phi) is 6.80. The van der Waals surface area contributed by atoms with Gasteiger partial charge in [-0.15, -0.1) is 0 Å². The monoisotopic (exact) mass is 546 g/mol. The van der Waals surface area contributed by atoms with E-state index in [1.165, 1.54) is 30.0 Å². The van der Waals surface area contributed by atoms with E-state index in [-0.39, 0.29) is 16.9 Å². The van der Waals surface area contributed by atoms with Crippen LogP contribution in [0, 0.1) is 5.82 Å². The molecule has 38 heavy (non-hydrogen) atoms. The van der Waals surface area contributed by atoms with E-state index in [4.69, 9.17) is 27.9 Å². The normalized spacial score (nSPS) is 10.9. The van der Waals surface area contributed by atoms with E-state index in [1.807, 2.05) is 18.2 Å². The van der Waals surface area contributed by atoms with Crippen molar-refractivity contribution in [2.24, 2.45) is 0 Å². The number of carbonyl (C=O) groups is 2. The molecule has 0 spiro atoms. The smallest absolute Gasteiger partial charge is 0.268 e. The number of ether oxygens (including phenoxy) is 1. The van der Waals surface area contributed by atoms with Crippen LogP contribution in [0.15, 0.2) is 77.9 Å². The maximum atomic E-state index is 14.6. The van der Waals surface area contributed by atoms with Crippen LogP contribution >= 0.6 is 23.2 Å². The second-order valence-corrected chi connectivity index (χ2v) is 9.06. The molecule has 6 nitrogen and oxygen atoms in total. The van der Waals surface area contributed by atoms with Gasteiger partial charge in [-0.3, -0.25) is 18.8 Å². The summed E-state index contributed by atoms with van der Waals surface area (Å²) in [7, 11) is 1.36. The Morgan fingerprint density at radius 1 is 0.868 bits per heavy atom. The molecule has 0 aliphatic carbocycles. The summed E-state index contributed by atoms with van der Waals surface area (Å²) in [4.78, 5) is 39.0. The third-order valence-corrected chi connectivity index (χ3v) is 7.02. The fraction of sp³-hybridized carbons (Fsp3) is 0.0345. The number of methoxy groups -OCH3 is 1. The van der Waals surface area contributed by atoms with Gasteiger partial charge in [-0.05, 0) is 35.4 Å². The van der Waals surface area contributed by atoms with E-state index >= 15 is 0 Å². The van der Waals surface area contributed by atoms with E-state index < -0.39 is 11.4 Å². The molecular weight excluding hydrogens is 530 g/mol. The van der Waals surface area contributed by atoms with Crippen molar-refractivity contribution in [2.75, 3.05) is 7.11 Å². The topological polar surface area (TPSA) is 77.7 Å². The molecule has 0 N–H and O–H groups in total. The molecule has 5 aromatic rings. The van der Waals surface area contributed by atoms with Gasteiger partial charge in [0.25, 0.3) is 5.56 Å². The summed E-state index contributed by atoms with van der Waals surface area (Å²) < 4.78 is 21.1. The van der Waals surface area contributed by atoms with Crippen molar-refractivity contribution >= 4 is 41.4 Å². The lowest BCUT2D eigenvalue weighted by molar-refractivity contribution is 0.111. The van der Waals surface area contributed by atoms with Crippen molar-refractivity contribution in [3.8, 4) is 39.1 Å². The molecule has 0 unspecified atom stereocenters. The van der Waals surface area contributed by atoms with Gasteiger partial charge in [0.2, 0.25) is 0 Å². The number of hydrogen-bond acceptors (Lipinski definition) is 5. The zero-order valence-electron chi connectivity index (χ0n) is 19.7. The van der Waals surface area contributed by atoms with E-state index in [1.54, 1.807) is 36.4 Å². The number of benzene rings is 3. The van der Waals surface area contributed by atoms with Crippen LogP contribution in [-0.4, -0.2) is 29.1 Å². The first kappa shape index (κ1) is 25.3. The Balaban J connectivity index is 1.63. The number of aldehydes is 2. The summed E-state index contributed by atoms with van der Waals surface area (Å²) in [5, 5.41) is 0.739. The van der Waals surface area contributed by atoms with Crippen LogP contribution in [0.25, 0.3) is 39.0 Å². The number of rotatable bonds is 6. The largest absolute Gasteiger partial charge is 0.496 e. The SMILES string of the molecule is COc1cc(-c2cccc(-c3cccc(-c4ccn5c(=O)c(C=O)cnc5c4)c3Cl)c2Cl)cc(F)c1C=O. The van der Waals surface area contributed by atoms with Gasteiger partial charge in [0.15, 0.2) is 12.6 Å². The quantitative estimate of drug-likeness (QED) is 0.219. The van der Waals surface area contributed by atoms with Crippen LogP contribution in [0.1, 0.15) is 20.7 Å². The highest BCUT2D eigenvalue weighted by molar-refractivity contribution is 6.39. The number of aromatic nitrogens is 2. The van der Waals surface area contributed by atoms with E-state index in [2.05, 4.69) is 4.98 Å². The standard InChI is InChI=1S/C29H17Cl2FN2O4/c1-38-25-11-17(10-24(32)23(25)15-36)20-5-3-7-22(28(20)31)21-6-2-4-19(27(21)30)16-8-9-34-26(12-16)33-13-18(14-35)29(34)37/h2-15H,1H3. The number of hydrogen-bond donors (Lipinski definition) is 0. The van der Waals surface area contributed by atoms with Crippen molar-refractivity contribution in [3.63, 3.8) is 0 Å². The van der Waals surface area contributed by atoms with Crippen molar-refractivity contribution in [1.82, 2.24) is 9.38 Å². The highest BCUT2D eigenvalue weighted by Gasteiger charge is 2.18. The predicted octanol–water partition coefficient (Wildman–Crippen LogP) is 6.78. The molecule has 3 aromatic carbocycles. The lowest BCUT2D eigenvalue weighted by atomic mass is 9.95. The molecule has 0 radical (unpaired) electrons. The van der Waals surface area contributed by atoms with Gasteiger partial charge < -0.3 is 4.74 Å². The van der Waals surface area contributed by atoms with E-state index in [9.17, 15) is 18.8 Å². The number of pyridine rings is 1. The molecule has 2 aromatic heterocycles. The first-order chi connectivity index (χ1) is 18.4. The average molecular weight is 547 g/mol. The van der Waals surface area contributed by atoms with Gasteiger partial charge in [-0.25, -0.2) is 9.37 Å². The van der Waals surface area contributed by atoms with Gasteiger partial charge in [-0.2, -0.15) is 0 Å². The third-order valence-electron chi connectivity index (χ3n) is 6.20. The molecule has 0 aliphatic heterocycles. The van der Waals surface area contributed by atoms with E-state index in [0.717, 1.165) is 0 Å². The molecule has 9 heteroatoms. The molecule has 0 saturated heterocycles. The summed E-state index contributed by atoms with van der Waals surface area (Å²) >= 11 is 13.7. The molecule has 188 valence electrons. The number of fused-ring (bicyclic) bond motifs is 1. The number of carbonyl (C=O) groups excluding carboxylic acids is 2. The van der Waals surface area contributed by atoms with Crippen LogP contribution in [0.5, 0.6) is 5.75 Å². The highest BCUT2D eigenvalue weighted by Crippen LogP contribution is 2.43. The molecular formula is C29H17Cl2FN2O4. The molecule has 0 saturated carbocycles. The van der Waals surface area contributed by atoms with Crippen LogP contribution < -0.4 is 10.3 Å². The Labute approximate surface area is 225 Å². The van der Waals surface area contributed by atoms with Crippen molar-refractivity contribution in [3.05, 3.63) is 110 Å². The summed E-state index contributed by atoms with van der Waals surface area (Å²) in [5.41, 5.74) is 3.26. The first-order valence-corrected chi connectivity index (χ1v) is 12.0.